The molecular formula is C22H28FNO. The summed E-state index contributed by atoms with van der Waals surface area (Å²) in [5.41, 5.74) is 2.76. The van der Waals surface area contributed by atoms with Crippen LogP contribution in [0.3, 0.4) is 0 Å². The highest BCUT2D eigenvalue weighted by atomic mass is 19.1. The first kappa shape index (κ1) is 19.4. The van der Waals surface area contributed by atoms with E-state index in [1.165, 1.54) is 23.3 Å². The van der Waals surface area contributed by atoms with Crippen molar-refractivity contribution in [2.45, 2.75) is 63.4 Å². The zero-order valence-electron chi connectivity index (χ0n) is 15.3. The van der Waals surface area contributed by atoms with Gasteiger partial charge in [-0.3, -0.25) is 0 Å². The van der Waals surface area contributed by atoms with Gasteiger partial charge in [-0.25, -0.2) is 0 Å². The fraction of sp³-hybridized carbons (Fsp3) is 0.500. The van der Waals surface area contributed by atoms with E-state index < -0.39 is 5.83 Å². The van der Waals surface area contributed by atoms with E-state index in [1.807, 2.05) is 6.08 Å². The number of methoxy groups -OCH3 is 1. The average Bonchev–Trinajstić information content (AvgIpc) is 2.68. The maximum absolute atomic E-state index is 12.7. The van der Waals surface area contributed by atoms with Gasteiger partial charge in [0, 0.05) is 7.11 Å². The van der Waals surface area contributed by atoms with E-state index in [0.29, 0.717) is 5.92 Å². The van der Waals surface area contributed by atoms with Gasteiger partial charge in [-0.15, -0.1) is 0 Å². The van der Waals surface area contributed by atoms with Gasteiger partial charge >= 0.3 is 0 Å². The fourth-order valence-corrected chi connectivity index (χ4v) is 3.69. The Morgan fingerprint density at radius 1 is 1.32 bits per heavy atom. The van der Waals surface area contributed by atoms with Crippen molar-refractivity contribution in [3.8, 4) is 6.07 Å². The number of allylic oxidation sites excluding steroid dienone is 4. The molecule has 134 valence electrons. The van der Waals surface area contributed by atoms with Crippen molar-refractivity contribution < 1.29 is 9.13 Å². The van der Waals surface area contributed by atoms with E-state index in [4.69, 9.17) is 10.00 Å². The molecule has 2 nitrogen and oxygen atoms in total. The van der Waals surface area contributed by atoms with E-state index in [-0.39, 0.29) is 5.60 Å². The molecule has 2 rings (SSSR count). The summed E-state index contributed by atoms with van der Waals surface area (Å²) in [4.78, 5) is 0. The van der Waals surface area contributed by atoms with Crippen LogP contribution in [0.5, 0.6) is 0 Å². The molecule has 0 aromatic heterocycles. The number of hydrogen-bond acceptors (Lipinski definition) is 2. The third kappa shape index (κ3) is 5.54. The molecule has 0 atom stereocenters. The summed E-state index contributed by atoms with van der Waals surface area (Å²) in [6.45, 7) is 2.18. The summed E-state index contributed by atoms with van der Waals surface area (Å²) in [5, 5.41) is 8.38. The van der Waals surface area contributed by atoms with Crippen molar-refractivity contribution in [2.75, 3.05) is 7.11 Å². The van der Waals surface area contributed by atoms with Gasteiger partial charge in [0.1, 0.15) is 6.07 Å². The topological polar surface area (TPSA) is 33.0 Å². The van der Waals surface area contributed by atoms with Crippen LogP contribution in [-0.2, 0) is 11.2 Å². The molecule has 1 aromatic rings. The number of benzene rings is 1. The monoisotopic (exact) mass is 341 g/mol. The molecule has 0 unspecified atom stereocenters. The second-order valence-electron chi connectivity index (χ2n) is 6.85. The summed E-state index contributed by atoms with van der Waals surface area (Å²) < 4.78 is 18.6. The van der Waals surface area contributed by atoms with Gasteiger partial charge in [0.25, 0.3) is 0 Å². The van der Waals surface area contributed by atoms with Crippen molar-refractivity contribution in [2.24, 2.45) is 0 Å². The number of rotatable bonds is 7. The van der Waals surface area contributed by atoms with Gasteiger partial charge in [-0.1, -0.05) is 43.3 Å². The molecule has 1 aliphatic carbocycles. The lowest BCUT2D eigenvalue weighted by Crippen LogP contribution is -2.35. The zero-order chi connectivity index (χ0) is 18.1. The lowest BCUT2D eigenvalue weighted by atomic mass is 9.74. The van der Waals surface area contributed by atoms with Crippen molar-refractivity contribution in [3.63, 3.8) is 0 Å². The number of halogens is 1. The Kier molecular flexibility index (Phi) is 7.40. The van der Waals surface area contributed by atoms with Crippen LogP contribution in [0.25, 0.3) is 0 Å². The minimum Gasteiger partial charge on any atom is -0.378 e. The predicted octanol–water partition coefficient (Wildman–Crippen LogP) is 6.01. The lowest BCUT2D eigenvalue weighted by molar-refractivity contribution is -0.0483. The van der Waals surface area contributed by atoms with Crippen LogP contribution in [0.4, 0.5) is 4.39 Å². The van der Waals surface area contributed by atoms with Crippen LogP contribution in [0.2, 0.25) is 0 Å². The van der Waals surface area contributed by atoms with E-state index in [9.17, 15) is 4.39 Å². The summed E-state index contributed by atoms with van der Waals surface area (Å²) >= 11 is 0. The molecule has 0 bridgehead atoms. The first-order valence-corrected chi connectivity index (χ1v) is 9.19. The maximum Gasteiger partial charge on any atom is 0.199 e. The molecule has 1 aromatic carbocycles. The van der Waals surface area contributed by atoms with Crippen LogP contribution < -0.4 is 0 Å². The molecule has 0 saturated heterocycles. The first-order valence-electron chi connectivity index (χ1n) is 9.19. The van der Waals surface area contributed by atoms with Crippen LogP contribution in [-0.4, -0.2) is 12.7 Å². The van der Waals surface area contributed by atoms with E-state index in [0.717, 1.165) is 44.9 Å². The Bertz CT molecular complexity index is 631. The number of nitrogens with zero attached hydrogens (tertiary/aromatic N) is 1. The van der Waals surface area contributed by atoms with E-state index in [1.54, 1.807) is 13.2 Å². The second-order valence-corrected chi connectivity index (χ2v) is 6.85. The SMILES string of the molecule is CCc1ccc(C2CCC(CCC=CC=C(F)C#N)(OC)CC2)cc1. The minimum absolute atomic E-state index is 0.0678. The highest BCUT2D eigenvalue weighted by Crippen LogP contribution is 2.42. The Morgan fingerprint density at radius 3 is 2.56 bits per heavy atom. The molecular weight excluding hydrogens is 313 g/mol. The Morgan fingerprint density at radius 2 is 2.00 bits per heavy atom. The molecule has 1 aliphatic rings. The second kappa shape index (κ2) is 9.53. The normalized spacial score (nSPS) is 24.4. The molecule has 1 fully saturated rings. The number of nitriles is 1. The predicted molar refractivity (Wildman–Crippen MR) is 99.9 cm³/mol. The van der Waals surface area contributed by atoms with Gasteiger partial charge in [0.15, 0.2) is 5.83 Å². The molecule has 25 heavy (non-hydrogen) atoms. The summed E-state index contributed by atoms with van der Waals surface area (Å²) in [6.07, 6.45) is 12.0. The molecule has 0 N–H and O–H groups in total. The van der Waals surface area contributed by atoms with E-state index in [2.05, 4.69) is 31.2 Å². The first-order chi connectivity index (χ1) is 12.1. The lowest BCUT2D eigenvalue weighted by Gasteiger charge is -2.39. The maximum atomic E-state index is 12.7. The quantitative estimate of drug-likeness (QED) is 0.450. The fourth-order valence-electron chi connectivity index (χ4n) is 3.69. The summed E-state index contributed by atoms with van der Waals surface area (Å²) in [6, 6.07) is 10.5. The van der Waals surface area contributed by atoms with Crippen LogP contribution in [0.1, 0.15) is 62.5 Å². The average molecular weight is 341 g/mol. The number of ether oxygens (including phenoxy) is 1. The largest absolute Gasteiger partial charge is 0.378 e. The standard InChI is InChI=1S/C22H28FNO/c1-3-18-8-10-19(11-9-18)20-12-15-22(25-2,16-13-20)14-6-4-5-7-21(23)17-24/h4-5,7-11,20H,3,6,12-16H2,1-2H3. The summed E-state index contributed by atoms with van der Waals surface area (Å²) in [7, 11) is 1.80. The molecule has 0 radical (unpaired) electrons. The molecule has 0 heterocycles. The summed E-state index contributed by atoms with van der Waals surface area (Å²) in [5.74, 6) is -0.135. The molecule has 0 spiro atoms. The van der Waals surface area contributed by atoms with Gasteiger partial charge in [-0.05, 0) is 68.1 Å². The Balaban J connectivity index is 1.87. The van der Waals surface area contributed by atoms with Crippen LogP contribution in [0, 0.1) is 11.3 Å². The molecule has 3 heteroatoms. The van der Waals surface area contributed by atoms with Crippen molar-refractivity contribution in [1.29, 1.82) is 5.26 Å². The number of aryl methyl sites for hydroxylation is 1. The van der Waals surface area contributed by atoms with Crippen molar-refractivity contribution >= 4 is 0 Å². The van der Waals surface area contributed by atoms with Gasteiger partial charge in [0.2, 0.25) is 0 Å². The van der Waals surface area contributed by atoms with Crippen molar-refractivity contribution in [3.05, 3.63) is 59.4 Å². The minimum atomic E-state index is -0.757. The van der Waals surface area contributed by atoms with Crippen molar-refractivity contribution in [1.82, 2.24) is 0 Å². The number of hydrogen-bond donors (Lipinski definition) is 0. The molecule has 0 aliphatic heterocycles. The van der Waals surface area contributed by atoms with Crippen LogP contribution >= 0.6 is 0 Å². The van der Waals surface area contributed by atoms with Gasteiger partial charge in [0.05, 0.1) is 5.60 Å². The smallest absolute Gasteiger partial charge is 0.199 e. The van der Waals surface area contributed by atoms with E-state index >= 15 is 0 Å². The van der Waals surface area contributed by atoms with Gasteiger partial charge < -0.3 is 4.74 Å². The van der Waals surface area contributed by atoms with Gasteiger partial charge in [-0.2, -0.15) is 9.65 Å². The third-order valence-corrected chi connectivity index (χ3v) is 5.44. The third-order valence-electron chi connectivity index (χ3n) is 5.44. The molecule has 0 amide bonds. The Hall–Kier alpha value is -1.92. The highest BCUT2D eigenvalue weighted by Gasteiger charge is 2.34. The highest BCUT2D eigenvalue weighted by molar-refractivity contribution is 5.26. The zero-order valence-corrected chi connectivity index (χ0v) is 15.3. The van der Waals surface area contributed by atoms with Crippen LogP contribution in [0.15, 0.2) is 48.3 Å². The molecule has 1 saturated carbocycles. The Labute approximate surface area is 151 Å².